The number of aryl methyl sites for hydroxylation is 2. The Hall–Kier alpha value is -2.41. The van der Waals surface area contributed by atoms with Crippen LogP contribution in [0.5, 0.6) is 0 Å². The van der Waals surface area contributed by atoms with Crippen LogP contribution in [0.2, 0.25) is 0 Å². The summed E-state index contributed by atoms with van der Waals surface area (Å²) in [6, 6.07) is 3.57. The molecule has 0 aliphatic heterocycles. The van der Waals surface area contributed by atoms with Crippen molar-refractivity contribution in [3.63, 3.8) is 0 Å². The molecule has 4 rings (SSSR count). The molecule has 2 N–H and O–H groups in total. The van der Waals surface area contributed by atoms with E-state index in [1.54, 1.807) is 29.7 Å². The zero-order valence-corrected chi connectivity index (χ0v) is 12.6. The standard InChI is InChI=1S/C15H14N4O2S/c20-13-12-10-5-1-2-6-11(10)22-14(12)18-15(17-13)19-16-8-9-4-3-7-21-9/h3-4,7-8H,1-2,5-6H2,(H2,17,18,19,20)/b16-8+. The number of H-pyrrole nitrogens is 1. The molecule has 0 fully saturated rings. The number of hydrazone groups is 1. The lowest BCUT2D eigenvalue weighted by Crippen LogP contribution is -2.12. The van der Waals surface area contributed by atoms with Gasteiger partial charge in [0, 0.05) is 4.88 Å². The molecule has 3 aromatic heterocycles. The van der Waals surface area contributed by atoms with E-state index in [0.717, 1.165) is 29.5 Å². The molecule has 0 amide bonds. The summed E-state index contributed by atoms with van der Waals surface area (Å²) in [6.07, 6.45) is 7.47. The number of rotatable bonds is 3. The Balaban J connectivity index is 1.67. The molecule has 0 aromatic carbocycles. The van der Waals surface area contributed by atoms with E-state index in [4.69, 9.17) is 4.42 Å². The number of furan rings is 1. The molecule has 1 aliphatic rings. The fraction of sp³-hybridized carbons (Fsp3) is 0.267. The van der Waals surface area contributed by atoms with E-state index >= 15 is 0 Å². The fourth-order valence-electron chi connectivity index (χ4n) is 2.74. The molecule has 3 aromatic rings. The maximum Gasteiger partial charge on any atom is 0.261 e. The van der Waals surface area contributed by atoms with Crippen LogP contribution in [0.25, 0.3) is 10.2 Å². The molecular weight excluding hydrogens is 300 g/mol. The number of hydrogen-bond acceptors (Lipinski definition) is 6. The molecule has 7 heteroatoms. The van der Waals surface area contributed by atoms with Gasteiger partial charge in [0.25, 0.3) is 5.56 Å². The van der Waals surface area contributed by atoms with Gasteiger partial charge in [-0.15, -0.1) is 11.3 Å². The minimum atomic E-state index is -0.0971. The molecule has 3 heterocycles. The summed E-state index contributed by atoms with van der Waals surface area (Å²) in [7, 11) is 0. The minimum Gasteiger partial charge on any atom is -0.463 e. The first-order chi connectivity index (χ1) is 10.8. The van der Waals surface area contributed by atoms with Gasteiger partial charge in [-0.1, -0.05) is 0 Å². The zero-order chi connectivity index (χ0) is 14.9. The van der Waals surface area contributed by atoms with Gasteiger partial charge >= 0.3 is 0 Å². The predicted molar refractivity (Wildman–Crippen MR) is 86.8 cm³/mol. The Morgan fingerprint density at radius 3 is 3.18 bits per heavy atom. The summed E-state index contributed by atoms with van der Waals surface area (Å²) in [5, 5.41) is 4.77. The summed E-state index contributed by atoms with van der Waals surface area (Å²) in [4.78, 5) is 21.6. The number of fused-ring (bicyclic) bond motifs is 3. The average Bonchev–Trinajstić information content (AvgIpc) is 3.14. The second-order valence-electron chi connectivity index (χ2n) is 5.19. The molecule has 0 spiro atoms. The third-order valence-corrected chi connectivity index (χ3v) is 4.92. The molecular formula is C15H14N4O2S. The molecule has 0 atom stereocenters. The Morgan fingerprint density at radius 1 is 1.41 bits per heavy atom. The highest BCUT2D eigenvalue weighted by molar-refractivity contribution is 7.18. The minimum absolute atomic E-state index is 0.0971. The van der Waals surface area contributed by atoms with E-state index in [0.29, 0.717) is 11.7 Å². The van der Waals surface area contributed by atoms with Crippen molar-refractivity contribution in [3.05, 3.63) is 45.0 Å². The van der Waals surface area contributed by atoms with Gasteiger partial charge in [0.2, 0.25) is 5.95 Å². The molecule has 0 saturated carbocycles. The monoisotopic (exact) mass is 314 g/mol. The van der Waals surface area contributed by atoms with E-state index in [2.05, 4.69) is 20.5 Å². The van der Waals surface area contributed by atoms with Gasteiger partial charge in [0.05, 0.1) is 17.9 Å². The van der Waals surface area contributed by atoms with Crippen molar-refractivity contribution in [3.8, 4) is 0 Å². The second kappa shape index (κ2) is 5.42. The van der Waals surface area contributed by atoms with E-state index in [1.165, 1.54) is 23.1 Å². The molecule has 0 radical (unpaired) electrons. The number of nitrogens with one attached hydrogen (secondary N) is 2. The number of nitrogens with zero attached hydrogens (tertiary/aromatic N) is 2. The quantitative estimate of drug-likeness (QED) is 0.575. The number of hydrogen-bond donors (Lipinski definition) is 2. The first kappa shape index (κ1) is 13.3. The highest BCUT2D eigenvalue weighted by Gasteiger charge is 2.19. The first-order valence-corrected chi connectivity index (χ1v) is 8.00. The summed E-state index contributed by atoms with van der Waals surface area (Å²) < 4.78 is 5.14. The SMILES string of the molecule is O=c1[nH]c(N/N=C/c2ccco2)nc2sc3c(c12)CCCC3. The van der Waals surface area contributed by atoms with Crippen LogP contribution in [0.4, 0.5) is 5.95 Å². The summed E-state index contributed by atoms with van der Waals surface area (Å²) in [6.45, 7) is 0. The Morgan fingerprint density at radius 2 is 2.32 bits per heavy atom. The average molecular weight is 314 g/mol. The van der Waals surface area contributed by atoms with Crippen LogP contribution in [-0.2, 0) is 12.8 Å². The fourth-order valence-corrected chi connectivity index (χ4v) is 4.00. The van der Waals surface area contributed by atoms with Crippen LogP contribution >= 0.6 is 11.3 Å². The molecule has 22 heavy (non-hydrogen) atoms. The van der Waals surface area contributed by atoms with Gasteiger partial charge in [-0.3, -0.25) is 9.78 Å². The summed E-state index contributed by atoms with van der Waals surface area (Å²) in [5.41, 5.74) is 3.83. The highest BCUT2D eigenvalue weighted by Crippen LogP contribution is 2.33. The maximum absolute atomic E-state index is 12.3. The van der Waals surface area contributed by atoms with Crippen molar-refractivity contribution in [1.29, 1.82) is 0 Å². The Labute approximate surface area is 129 Å². The van der Waals surface area contributed by atoms with Crippen LogP contribution < -0.4 is 11.0 Å². The van der Waals surface area contributed by atoms with Crippen molar-refractivity contribution in [2.75, 3.05) is 5.43 Å². The van der Waals surface area contributed by atoms with Crippen LogP contribution in [0.1, 0.15) is 29.0 Å². The first-order valence-electron chi connectivity index (χ1n) is 7.18. The zero-order valence-electron chi connectivity index (χ0n) is 11.8. The van der Waals surface area contributed by atoms with Crippen molar-refractivity contribution in [2.24, 2.45) is 5.10 Å². The summed E-state index contributed by atoms with van der Waals surface area (Å²) >= 11 is 1.62. The summed E-state index contributed by atoms with van der Waals surface area (Å²) in [5.74, 6) is 0.974. The van der Waals surface area contributed by atoms with E-state index in [-0.39, 0.29) is 5.56 Å². The largest absolute Gasteiger partial charge is 0.463 e. The van der Waals surface area contributed by atoms with Crippen molar-refractivity contribution in [1.82, 2.24) is 9.97 Å². The maximum atomic E-state index is 12.3. The van der Waals surface area contributed by atoms with Gasteiger partial charge in [-0.05, 0) is 43.4 Å². The molecule has 112 valence electrons. The lowest BCUT2D eigenvalue weighted by molar-refractivity contribution is 0.560. The van der Waals surface area contributed by atoms with Crippen molar-refractivity contribution >= 4 is 33.7 Å². The van der Waals surface area contributed by atoms with Gasteiger partial charge < -0.3 is 4.42 Å². The molecule has 6 nitrogen and oxygen atoms in total. The van der Waals surface area contributed by atoms with Gasteiger partial charge in [0.15, 0.2) is 0 Å². The predicted octanol–water partition coefficient (Wildman–Crippen LogP) is 2.90. The van der Waals surface area contributed by atoms with Gasteiger partial charge in [-0.25, -0.2) is 10.4 Å². The number of anilines is 1. The van der Waals surface area contributed by atoms with Crippen LogP contribution in [0.3, 0.4) is 0 Å². The normalized spacial score (nSPS) is 14.5. The molecule has 0 saturated heterocycles. The Kier molecular flexibility index (Phi) is 3.27. The number of aromatic nitrogens is 2. The smallest absolute Gasteiger partial charge is 0.261 e. The van der Waals surface area contributed by atoms with Gasteiger partial charge in [0.1, 0.15) is 10.6 Å². The number of aromatic amines is 1. The lowest BCUT2D eigenvalue weighted by Gasteiger charge is -2.09. The number of thiophene rings is 1. The van der Waals surface area contributed by atoms with Crippen LogP contribution in [0, 0.1) is 0 Å². The van der Waals surface area contributed by atoms with Gasteiger partial charge in [-0.2, -0.15) is 5.10 Å². The van der Waals surface area contributed by atoms with E-state index < -0.39 is 0 Å². The molecule has 1 aliphatic carbocycles. The molecule has 0 unspecified atom stereocenters. The third-order valence-electron chi connectivity index (χ3n) is 3.73. The Bertz CT molecular complexity index is 892. The highest BCUT2D eigenvalue weighted by atomic mass is 32.1. The van der Waals surface area contributed by atoms with Crippen LogP contribution in [0.15, 0.2) is 32.7 Å². The van der Waals surface area contributed by atoms with Crippen molar-refractivity contribution in [2.45, 2.75) is 25.7 Å². The lowest BCUT2D eigenvalue weighted by atomic mass is 9.97. The topological polar surface area (TPSA) is 83.3 Å². The third kappa shape index (κ3) is 2.33. The second-order valence-corrected chi connectivity index (χ2v) is 6.27. The van der Waals surface area contributed by atoms with Crippen molar-refractivity contribution < 1.29 is 4.42 Å². The van der Waals surface area contributed by atoms with E-state index in [9.17, 15) is 4.79 Å². The molecule has 0 bridgehead atoms. The van der Waals surface area contributed by atoms with E-state index in [1.807, 2.05) is 0 Å². The van der Waals surface area contributed by atoms with Crippen LogP contribution in [-0.4, -0.2) is 16.2 Å².